The Labute approximate surface area is 189 Å². The van der Waals surface area contributed by atoms with Gasteiger partial charge in [-0.1, -0.05) is 54.2 Å². The maximum atomic E-state index is 13.1. The third-order valence-electron chi connectivity index (χ3n) is 4.68. The van der Waals surface area contributed by atoms with Crippen molar-refractivity contribution in [1.29, 1.82) is 0 Å². The summed E-state index contributed by atoms with van der Waals surface area (Å²) < 4.78 is 5.55. The molecule has 160 valence electrons. The second-order valence-electron chi connectivity index (χ2n) is 6.84. The molecule has 0 radical (unpaired) electrons. The van der Waals surface area contributed by atoms with Crippen molar-refractivity contribution in [3.8, 4) is 5.75 Å². The molecular formula is C25H20N2O4S. The van der Waals surface area contributed by atoms with Gasteiger partial charge in [0.1, 0.15) is 11.3 Å². The quantitative estimate of drug-likeness (QED) is 0.432. The van der Waals surface area contributed by atoms with Gasteiger partial charge in [0.05, 0.1) is 12.3 Å². The fourth-order valence-electron chi connectivity index (χ4n) is 3.22. The molecule has 3 aromatic rings. The summed E-state index contributed by atoms with van der Waals surface area (Å²) in [7, 11) is 0. The number of anilines is 1. The Morgan fingerprint density at radius 2 is 1.53 bits per heavy atom. The number of hydrogen-bond acceptors (Lipinski definition) is 5. The molecule has 4 rings (SSSR count). The number of ether oxygens (including phenoxy) is 1. The van der Waals surface area contributed by atoms with E-state index in [1.54, 1.807) is 36.0 Å². The van der Waals surface area contributed by atoms with Gasteiger partial charge in [-0.25, -0.2) is 9.69 Å². The Morgan fingerprint density at radius 1 is 0.875 bits per heavy atom. The van der Waals surface area contributed by atoms with E-state index >= 15 is 0 Å². The molecule has 0 atom stereocenters. The van der Waals surface area contributed by atoms with Crippen LogP contribution in [-0.4, -0.2) is 24.5 Å². The van der Waals surface area contributed by atoms with Crippen molar-refractivity contribution in [2.45, 2.75) is 16.7 Å². The summed E-state index contributed by atoms with van der Waals surface area (Å²) in [4.78, 5) is 41.1. The standard InChI is InChI=1S/C25H20N2O4S/c1-2-31-22-11-7-6-10-21(22)27-24(29)20(23(28)26-25(27)30)16-17-12-14-19(15-13-17)32-18-8-4-3-5-9-18/h3-16H,2H2,1H3,(H,26,28,30)/b20-16+. The van der Waals surface area contributed by atoms with E-state index in [9.17, 15) is 14.4 Å². The number of carbonyl (C=O) groups excluding carboxylic acids is 3. The highest BCUT2D eigenvalue weighted by molar-refractivity contribution is 7.99. The van der Waals surface area contributed by atoms with Gasteiger partial charge in [-0.3, -0.25) is 14.9 Å². The van der Waals surface area contributed by atoms with E-state index in [0.717, 1.165) is 14.7 Å². The van der Waals surface area contributed by atoms with Crippen LogP contribution in [0, 0.1) is 0 Å². The molecule has 1 saturated heterocycles. The number of hydrogen-bond donors (Lipinski definition) is 1. The number of imide groups is 2. The molecule has 1 aliphatic rings. The van der Waals surface area contributed by atoms with E-state index in [2.05, 4.69) is 5.32 Å². The number of barbiturate groups is 1. The van der Waals surface area contributed by atoms with Gasteiger partial charge < -0.3 is 4.74 Å². The molecule has 0 aliphatic carbocycles. The highest BCUT2D eigenvalue weighted by atomic mass is 32.2. The van der Waals surface area contributed by atoms with E-state index in [1.807, 2.05) is 61.5 Å². The van der Waals surface area contributed by atoms with Crippen molar-refractivity contribution in [2.75, 3.05) is 11.5 Å². The van der Waals surface area contributed by atoms with Crippen LogP contribution in [-0.2, 0) is 9.59 Å². The molecule has 1 fully saturated rings. The Balaban J connectivity index is 1.61. The van der Waals surface area contributed by atoms with E-state index < -0.39 is 17.8 Å². The first-order chi connectivity index (χ1) is 15.6. The van der Waals surface area contributed by atoms with Gasteiger partial charge in [0.2, 0.25) is 0 Å². The van der Waals surface area contributed by atoms with E-state index in [1.165, 1.54) is 6.08 Å². The second kappa shape index (κ2) is 9.53. The third-order valence-corrected chi connectivity index (χ3v) is 5.69. The summed E-state index contributed by atoms with van der Waals surface area (Å²) in [5.74, 6) is -1.05. The molecule has 1 heterocycles. The van der Waals surface area contributed by atoms with Crippen molar-refractivity contribution in [1.82, 2.24) is 5.32 Å². The van der Waals surface area contributed by atoms with E-state index in [4.69, 9.17) is 4.74 Å². The molecule has 32 heavy (non-hydrogen) atoms. The first-order valence-corrected chi connectivity index (χ1v) is 10.8. The van der Waals surface area contributed by atoms with Crippen molar-refractivity contribution < 1.29 is 19.1 Å². The molecule has 1 aliphatic heterocycles. The minimum atomic E-state index is -0.807. The third kappa shape index (κ3) is 4.58. The Morgan fingerprint density at radius 3 is 2.25 bits per heavy atom. The Kier molecular flexibility index (Phi) is 6.37. The van der Waals surface area contributed by atoms with Gasteiger partial charge in [-0.2, -0.15) is 0 Å². The number of para-hydroxylation sites is 2. The molecule has 6 nitrogen and oxygen atoms in total. The number of nitrogens with one attached hydrogen (secondary N) is 1. The highest BCUT2D eigenvalue weighted by Gasteiger charge is 2.38. The first kappa shape index (κ1) is 21.4. The molecule has 0 spiro atoms. The van der Waals surface area contributed by atoms with Crippen molar-refractivity contribution in [3.63, 3.8) is 0 Å². The van der Waals surface area contributed by atoms with E-state index in [0.29, 0.717) is 17.9 Å². The fourth-order valence-corrected chi connectivity index (χ4v) is 4.06. The summed E-state index contributed by atoms with van der Waals surface area (Å²) in [6.07, 6.45) is 1.48. The predicted molar refractivity (Wildman–Crippen MR) is 124 cm³/mol. The van der Waals surface area contributed by atoms with Crippen molar-refractivity contribution in [3.05, 3.63) is 90.0 Å². The van der Waals surface area contributed by atoms with Crippen LogP contribution in [0.1, 0.15) is 12.5 Å². The molecular weight excluding hydrogens is 424 g/mol. The lowest BCUT2D eigenvalue weighted by Gasteiger charge is -2.27. The minimum absolute atomic E-state index is 0.126. The average molecular weight is 445 g/mol. The molecule has 4 amide bonds. The molecule has 0 unspecified atom stereocenters. The second-order valence-corrected chi connectivity index (χ2v) is 7.99. The summed E-state index contributed by atoms with van der Waals surface area (Å²) in [5.41, 5.74) is 0.831. The van der Waals surface area contributed by atoms with Gasteiger partial charge in [0.15, 0.2) is 0 Å². The Bertz CT molecular complexity index is 1190. The highest BCUT2D eigenvalue weighted by Crippen LogP contribution is 2.31. The van der Waals surface area contributed by atoms with Gasteiger partial charge in [0.25, 0.3) is 11.8 Å². The summed E-state index contributed by atoms with van der Waals surface area (Å²) in [6.45, 7) is 2.18. The maximum Gasteiger partial charge on any atom is 0.336 e. The zero-order valence-corrected chi connectivity index (χ0v) is 18.1. The normalized spacial score (nSPS) is 15.1. The van der Waals surface area contributed by atoms with E-state index in [-0.39, 0.29) is 11.3 Å². The lowest BCUT2D eigenvalue weighted by atomic mass is 10.1. The lowest BCUT2D eigenvalue weighted by Crippen LogP contribution is -2.54. The SMILES string of the molecule is CCOc1ccccc1N1C(=O)NC(=O)/C(=C\c2ccc(Sc3ccccc3)cc2)C1=O. The number of amides is 4. The Hall–Kier alpha value is -3.84. The smallest absolute Gasteiger partial charge is 0.336 e. The van der Waals surface area contributed by atoms with Crippen LogP contribution in [0.25, 0.3) is 6.08 Å². The van der Waals surface area contributed by atoms with Crippen molar-refractivity contribution >= 4 is 41.4 Å². The molecule has 3 aromatic carbocycles. The van der Waals surface area contributed by atoms with Gasteiger partial charge >= 0.3 is 6.03 Å². The van der Waals surface area contributed by atoms with Crippen LogP contribution in [0.4, 0.5) is 10.5 Å². The summed E-state index contributed by atoms with van der Waals surface area (Å²) in [6, 6.07) is 23.4. The summed E-state index contributed by atoms with van der Waals surface area (Å²) >= 11 is 1.61. The van der Waals surface area contributed by atoms with Gasteiger partial charge in [-0.15, -0.1) is 0 Å². The van der Waals surface area contributed by atoms with Crippen molar-refractivity contribution in [2.24, 2.45) is 0 Å². The molecule has 0 saturated carbocycles. The molecule has 0 aromatic heterocycles. The van der Waals surface area contributed by atoms with Crippen LogP contribution in [0.5, 0.6) is 5.75 Å². The number of carbonyl (C=O) groups is 3. The number of urea groups is 1. The molecule has 0 bridgehead atoms. The van der Waals surface area contributed by atoms with Gasteiger partial charge in [-0.05, 0) is 55.0 Å². The molecule has 1 N–H and O–H groups in total. The fraction of sp³-hybridized carbons (Fsp3) is 0.0800. The monoisotopic (exact) mass is 444 g/mol. The average Bonchev–Trinajstić information content (AvgIpc) is 2.80. The number of nitrogens with zero attached hydrogens (tertiary/aromatic N) is 1. The zero-order chi connectivity index (χ0) is 22.5. The topological polar surface area (TPSA) is 75.7 Å². The van der Waals surface area contributed by atoms with Crippen LogP contribution >= 0.6 is 11.8 Å². The van der Waals surface area contributed by atoms with Crippen LogP contribution < -0.4 is 15.0 Å². The van der Waals surface area contributed by atoms with Crippen LogP contribution in [0.2, 0.25) is 0 Å². The zero-order valence-electron chi connectivity index (χ0n) is 17.3. The maximum absolute atomic E-state index is 13.1. The van der Waals surface area contributed by atoms with Gasteiger partial charge in [0, 0.05) is 9.79 Å². The summed E-state index contributed by atoms with van der Waals surface area (Å²) in [5, 5.41) is 2.24. The first-order valence-electron chi connectivity index (χ1n) is 10.0. The largest absolute Gasteiger partial charge is 0.492 e. The van der Waals surface area contributed by atoms with Crippen LogP contribution in [0.3, 0.4) is 0 Å². The minimum Gasteiger partial charge on any atom is -0.492 e. The number of rotatable bonds is 6. The lowest BCUT2D eigenvalue weighted by molar-refractivity contribution is -0.122. The molecule has 7 heteroatoms. The predicted octanol–water partition coefficient (Wildman–Crippen LogP) is 4.90. The van der Waals surface area contributed by atoms with Crippen LogP contribution in [0.15, 0.2) is 94.2 Å². The number of benzene rings is 3.